The lowest BCUT2D eigenvalue weighted by atomic mass is 10.1. The summed E-state index contributed by atoms with van der Waals surface area (Å²) in [6.07, 6.45) is 0.324. The molecule has 1 atom stereocenters. The summed E-state index contributed by atoms with van der Waals surface area (Å²) in [5.74, 6) is -0.712. The van der Waals surface area contributed by atoms with Crippen LogP contribution in [0.3, 0.4) is 0 Å². The second-order valence-corrected chi connectivity index (χ2v) is 11.8. The summed E-state index contributed by atoms with van der Waals surface area (Å²) >= 11 is 0. The van der Waals surface area contributed by atoms with Gasteiger partial charge in [-0.15, -0.1) is 0 Å². The van der Waals surface area contributed by atoms with Crippen molar-refractivity contribution in [2.45, 2.75) is 51.6 Å². The van der Waals surface area contributed by atoms with Crippen molar-refractivity contribution in [3.8, 4) is 5.75 Å². The fourth-order valence-electron chi connectivity index (χ4n) is 4.26. The standard InChI is InChI=1S/C31H38FN3O5S/c1-5-29(31(37)33-20-23(3)4)34(21-24-10-8-7-9-11-24)30(36)22-35(26-14-12-25(32)13-15-26)41(38,39)28-18-16-27(17-19-28)40-6-2/h7-19,23,29H,5-6,20-22H2,1-4H3,(H,33,37)/t29-/m0/s1. The molecule has 0 aliphatic rings. The lowest BCUT2D eigenvalue weighted by Crippen LogP contribution is -2.52. The molecule has 10 heteroatoms. The minimum absolute atomic E-state index is 0.0607. The van der Waals surface area contributed by atoms with Gasteiger partial charge in [0.1, 0.15) is 24.2 Å². The van der Waals surface area contributed by atoms with Crippen molar-refractivity contribution < 1.29 is 27.1 Å². The van der Waals surface area contributed by atoms with Crippen molar-refractivity contribution in [2.24, 2.45) is 5.92 Å². The van der Waals surface area contributed by atoms with Gasteiger partial charge < -0.3 is 15.0 Å². The number of anilines is 1. The Kier molecular flexibility index (Phi) is 11.3. The molecule has 0 saturated heterocycles. The molecular weight excluding hydrogens is 545 g/mol. The van der Waals surface area contributed by atoms with Gasteiger partial charge in [0.15, 0.2) is 0 Å². The minimum atomic E-state index is -4.27. The molecule has 3 aromatic carbocycles. The third kappa shape index (κ3) is 8.53. The van der Waals surface area contributed by atoms with E-state index in [1.165, 1.54) is 41.3 Å². The maximum Gasteiger partial charge on any atom is 0.264 e. The summed E-state index contributed by atoms with van der Waals surface area (Å²) in [7, 11) is -4.27. The van der Waals surface area contributed by atoms with E-state index >= 15 is 0 Å². The van der Waals surface area contributed by atoms with Crippen LogP contribution < -0.4 is 14.4 Å². The number of sulfonamides is 1. The van der Waals surface area contributed by atoms with Gasteiger partial charge in [-0.2, -0.15) is 0 Å². The molecule has 0 fully saturated rings. The van der Waals surface area contributed by atoms with Gasteiger partial charge in [0.05, 0.1) is 17.2 Å². The molecule has 0 unspecified atom stereocenters. The van der Waals surface area contributed by atoms with E-state index < -0.39 is 34.3 Å². The van der Waals surface area contributed by atoms with Gasteiger partial charge >= 0.3 is 0 Å². The fraction of sp³-hybridized carbons (Fsp3) is 0.355. The summed E-state index contributed by atoms with van der Waals surface area (Å²) in [5, 5.41) is 2.90. The zero-order valence-electron chi connectivity index (χ0n) is 23.9. The van der Waals surface area contributed by atoms with Crippen molar-refractivity contribution in [1.29, 1.82) is 0 Å². The molecular formula is C31H38FN3O5S. The summed E-state index contributed by atoms with van der Waals surface area (Å²) in [6.45, 7) is 7.94. The van der Waals surface area contributed by atoms with E-state index in [1.54, 1.807) is 6.92 Å². The lowest BCUT2D eigenvalue weighted by molar-refractivity contribution is -0.140. The largest absolute Gasteiger partial charge is 0.494 e. The molecule has 0 aromatic heterocycles. The topological polar surface area (TPSA) is 96.0 Å². The van der Waals surface area contributed by atoms with Crippen LogP contribution in [0.5, 0.6) is 5.75 Å². The number of amides is 2. The van der Waals surface area contributed by atoms with Crippen molar-refractivity contribution in [2.75, 3.05) is 24.0 Å². The first kappa shape index (κ1) is 31.6. The van der Waals surface area contributed by atoms with Gasteiger partial charge in [0.25, 0.3) is 10.0 Å². The molecule has 3 aromatic rings. The summed E-state index contributed by atoms with van der Waals surface area (Å²) in [6, 6.07) is 19.1. The zero-order chi connectivity index (χ0) is 30.0. The second kappa shape index (κ2) is 14.6. The van der Waals surface area contributed by atoms with Gasteiger partial charge in [0.2, 0.25) is 11.8 Å². The molecule has 0 heterocycles. The van der Waals surface area contributed by atoms with E-state index in [0.717, 1.165) is 22.0 Å². The highest BCUT2D eigenvalue weighted by Crippen LogP contribution is 2.26. The van der Waals surface area contributed by atoms with Crippen LogP contribution >= 0.6 is 0 Å². The predicted molar refractivity (Wildman–Crippen MR) is 157 cm³/mol. The lowest BCUT2D eigenvalue weighted by Gasteiger charge is -2.33. The number of carbonyl (C=O) groups is 2. The van der Waals surface area contributed by atoms with Crippen LogP contribution in [-0.4, -0.2) is 50.9 Å². The fourth-order valence-corrected chi connectivity index (χ4v) is 5.67. The molecule has 0 radical (unpaired) electrons. The molecule has 0 spiro atoms. The average molecular weight is 584 g/mol. The van der Waals surface area contributed by atoms with Crippen LogP contribution in [0, 0.1) is 11.7 Å². The Hall–Kier alpha value is -3.92. The monoisotopic (exact) mass is 583 g/mol. The van der Waals surface area contributed by atoms with Crippen molar-refractivity contribution >= 4 is 27.5 Å². The van der Waals surface area contributed by atoms with Crippen LogP contribution in [0.4, 0.5) is 10.1 Å². The van der Waals surface area contributed by atoms with Gasteiger partial charge in [-0.1, -0.05) is 51.1 Å². The minimum Gasteiger partial charge on any atom is -0.494 e. The highest BCUT2D eigenvalue weighted by atomic mass is 32.2. The number of carbonyl (C=O) groups excluding carboxylic acids is 2. The van der Waals surface area contributed by atoms with Gasteiger partial charge in [-0.05, 0) is 73.4 Å². The van der Waals surface area contributed by atoms with Crippen molar-refractivity contribution in [1.82, 2.24) is 10.2 Å². The first-order valence-electron chi connectivity index (χ1n) is 13.7. The number of hydrogen-bond acceptors (Lipinski definition) is 5. The molecule has 2 amide bonds. The van der Waals surface area contributed by atoms with Crippen molar-refractivity contribution in [3.05, 3.63) is 90.2 Å². The Bertz CT molecular complexity index is 1380. The van der Waals surface area contributed by atoms with Crippen LogP contribution in [0.15, 0.2) is 83.8 Å². The highest BCUT2D eigenvalue weighted by Gasteiger charge is 2.33. The van der Waals surface area contributed by atoms with E-state index in [-0.39, 0.29) is 29.0 Å². The molecule has 0 bridgehead atoms. The number of rotatable bonds is 14. The SMILES string of the molecule is CCOc1ccc(S(=O)(=O)N(CC(=O)N(Cc2ccccc2)[C@@H](CC)C(=O)NCC(C)C)c2ccc(F)cc2)cc1. The summed E-state index contributed by atoms with van der Waals surface area (Å²) < 4.78 is 48.0. The van der Waals surface area contributed by atoms with Crippen LogP contribution in [-0.2, 0) is 26.2 Å². The van der Waals surface area contributed by atoms with Gasteiger partial charge in [0, 0.05) is 13.1 Å². The first-order valence-corrected chi connectivity index (χ1v) is 15.1. The number of nitrogens with one attached hydrogen (secondary N) is 1. The Morgan fingerprint density at radius 2 is 1.56 bits per heavy atom. The Morgan fingerprint density at radius 1 is 0.927 bits per heavy atom. The van der Waals surface area contributed by atoms with E-state index in [1.807, 2.05) is 51.1 Å². The Morgan fingerprint density at radius 3 is 2.12 bits per heavy atom. The molecule has 8 nitrogen and oxygen atoms in total. The van der Waals surface area contributed by atoms with Crippen LogP contribution in [0.2, 0.25) is 0 Å². The quantitative estimate of drug-likeness (QED) is 0.288. The highest BCUT2D eigenvalue weighted by molar-refractivity contribution is 7.92. The molecule has 0 aliphatic heterocycles. The molecule has 1 N–H and O–H groups in total. The number of nitrogens with zero attached hydrogens (tertiary/aromatic N) is 2. The summed E-state index contributed by atoms with van der Waals surface area (Å²) in [5.41, 5.74) is 0.907. The van der Waals surface area contributed by atoms with E-state index in [0.29, 0.717) is 25.3 Å². The van der Waals surface area contributed by atoms with E-state index in [9.17, 15) is 22.4 Å². The van der Waals surface area contributed by atoms with Gasteiger partial charge in [-0.3, -0.25) is 13.9 Å². The number of halogens is 1. The molecule has 3 rings (SSSR count). The van der Waals surface area contributed by atoms with Gasteiger partial charge in [-0.25, -0.2) is 12.8 Å². The number of ether oxygens (including phenoxy) is 1. The number of hydrogen-bond donors (Lipinski definition) is 1. The first-order chi connectivity index (χ1) is 19.6. The van der Waals surface area contributed by atoms with Crippen LogP contribution in [0.25, 0.3) is 0 Å². The normalized spacial score (nSPS) is 12.0. The second-order valence-electron chi connectivity index (χ2n) is 9.96. The third-order valence-electron chi connectivity index (χ3n) is 6.38. The van der Waals surface area contributed by atoms with Crippen molar-refractivity contribution in [3.63, 3.8) is 0 Å². The Labute approximate surface area is 242 Å². The molecule has 0 aliphatic carbocycles. The summed E-state index contributed by atoms with van der Waals surface area (Å²) in [4.78, 5) is 28.6. The molecule has 41 heavy (non-hydrogen) atoms. The maximum atomic E-state index is 14.0. The molecule has 0 saturated carbocycles. The van der Waals surface area contributed by atoms with E-state index in [4.69, 9.17) is 4.74 Å². The predicted octanol–water partition coefficient (Wildman–Crippen LogP) is 5.00. The van der Waals surface area contributed by atoms with E-state index in [2.05, 4.69) is 5.32 Å². The Balaban J connectivity index is 2.02. The third-order valence-corrected chi connectivity index (χ3v) is 8.17. The molecule has 220 valence electrons. The number of benzene rings is 3. The van der Waals surface area contributed by atoms with Crippen LogP contribution in [0.1, 0.15) is 39.7 Å². The smallest absolute Gasteiger partial charge is 0.264 e. The zero-order valence-corrected chi connectivity index (χ0v) is 24.7. The maximum absolute atomic E-state index is 14.0. The average Bonchev–Trinajstić information content (AvgIpc) is 2.96.